The molecular formula is C19H19N7O. The van der Waals surface area contributed by atoms with E-state index in [0.29, 0.717) is 18.9 Å². The summed E-state index contributed by atoms with van der Waals surface area (Å²) in [4.78, 5) is 13.0. The molecule has 0 aliphatic carbocycles. The van der Waals surface area contributed by atoms with Crippen LogP contribution in [0.5, 0.6) is 5.88 Å². The highest BCUT2D eigenvalue weighted by Crippen LogP contribution is 2.27. The van der Waals surface area contributed by atoms with Crippen LogP contribution in [0.1, 0.15) is 17.7 Å². The first-order valence-corrected chi connectivity index (χ1v) is 8.96. The summed E-state index contributed by atoms with van der Waals surface area (Å²) in [6.07, 6.45) is 4.83. The summed E-state index contributed by atoms with van der Waals surface area (Å²) in [5.41, 5.74) is 9.92. The Hall–Kier alpha value is -3.42. The third kappa shape index (κ3) is 2.99. The molecule has 2 aromatic heterocycles. The quantitative estimate of drug-likeness (QED) is 0.739. The molecule has 3 aromatic rings. The van der Waals surface area contributed by atoms with Gasteiger partial charge in [-0.25, -0.2) is 9.67 Å². The molecule has 0 spiro atoms. The maximum absolute atomic E-state index is 5.94. The zero-order chi connectivity index (χ0) is 18.2. The average molecular weight is 361 g/mol. The maximum atomic E-state index is 5.94. The molecule has 0 atom stereocenters. The van der Waals surface area contributed by atoms with E-state index in [0.717, 1.165) is 47.6 Å². The molecule has 4 heterocycles. The van der Waals surface area contributed by atoms with Gasteiger partial charge in [0.05, 0.1) is 30.9 Å². The summed E-state index contributed by atoms with van der Waals surface area (Å²) in [5.74, 6) is 1.76. The SMILES string of the molecule is Nc1nc(NCc2cc3n(n2)CCCO3)c2ccc(C3=CC=NC3)cc2n1. The van der Waals surface area contributed by atoms with Gasteiger partial charge in [0.15, 0.2) is 0 Å². The van der Waals surface area contributed by atoms with E-state index >= 15 is 0 Å². The van der Waals surface area contributed by atoms with E-state index in [1.807, 2.05) is 35.2 Å². The Morgan fingerprint density at radius 3 is 3.04 bits per heavy atom. The minimum atomic E-state index is 0.242. The van der Waals surface area contributed by atoms with E-state index in [-0.39, 0.29) is 5.95 Å². The Bertz CT molecular complexity index is 1060. The van der Waals surface area contributed by atoms with Crippen LogP contribution in [0, 0.1) is 0 Å². The minimum absolute atomic E-state index is 0.242. The summed E-state index contributed by atoms with van der Waals surface area (Å²) in [6.45, 7) is 2.87. The number of rotatable bonds is 4. The van der Waals surface area contributed by atoms with Crippen LogP contribution in [0.4, 0.5) is 11.8 Å². The fraction of sp³-hybridized carbons (Fsp3) is 0.263. The largest absolute Gasteiger partial charge is 0.478 e. The van der Waals surface area contributed by atoms with E-state index < -0.39 is 0 Å². The van der Waals surface area contributed by atoms with Gasteiger partial charge in [-0.05, 0) is 29.3 Å². The van der Waals surface area contributed by atoms with Crippen LogP contribution in [0.3, 0.4) is 0 Å². The molecule has 8 heteroatoms. The molecule has 3 N–H and O–H groups in total. The van der Waals surface area contributed by atoms with Gasteiger partial charge in [-0.2, -0.15) is 10.1 Å². The normalized spacial score (nSPS) is 15.5. The fourth-order valence-corrected chi connectivity index (χ4v) is 3.39. The van der Waals surface area contributed by atoms with Crippen molar-refractivity contribution in [3.05, 3.63) is 41.6 Å². The zero-order valence-corrected chi connectivity index (χ0v) is 14.7. The van der Waals surface area contributed by atoms with Gasteiger partial charge >= 0.3 is 0 Å². The lowest BCUT2D eigenvalue weighted by Gasteiger charge is -2.13. The van der Waals surface area contributed by atoms with Gasteiger partial charge in [0.1, 0.15) is 5.82 Å². The first-order valence-electron chi connectivity index (χ1n) is 8.96. The Kier molecular flexibility index (Phi) is 3.74. The summed E-state index contributed by atoms with van der Waals surface area (Å²) in [6, 6.07) is 8.08. The van der Waals surface area contributed by atoms with Gasteiger partial charge in [-0.15, -0.1) is 0 Å². The molecule has 0 unspecified atom stereocenters. The maximum Gasteiger partial charge on any atom is 0.222 e. The van der Waals surface area contributed by atoms with Crippen molar-refractivity contribution >= 4 is 34.5 Å². The van der Waals surface area contributed by atoms with E-state index in [1.54, 1.807) is 0 Å². The van der Waals surface area contributed by atoms with Gasteiger partial charge in [-0.3, -0.25) is 4.99 Å². The van der Waals surface area contributed by atoms with Crippen molar-refractivity contribution in [1.82, 2.24) is 19.7 Å². The number of aryl methyl sites for hydroxylation is 1. The lowest BCUT2D eigenvalue weighted by Crippen LogP contribution is -2.14. The average Bonchev–Trinajstić information content (AvgIpc) is 3.35. The fourth-order valence-electron chi connectivity index (χ4n) is 3.39. The number of ether oxygens (including phenoxy) is 1. The second kappa shape index (κ2) is 6.39. The Morgan fingerprint density at radius 1 is 1.22 bits per heavy atom. The number of nitrogen functional groups attached to an aromatic ring is 1. The van der Waals surface area contributed by atoms with Crippen LogP contribution in [0.2, 0.25) is 0 Å². The molecule has 2 aliphatic rings. The van der Waals surface area contributed by atoms with Gasteiger partial charge in [-0.1, -0.05) is 6.07 Å². The van der Waals surface area contributed by atoms with E-state index in [2.05, 4.69) is 31.4 Å². The molecule has 0 saturated carbocycles. The molecule has 8 nitrogen and oxygen atoms in total. The molecule has 136 valence electrons. The molecule has 0 radical (unpaired) electrons. The first-order chi connectivity index (χ1) is 13.3. The molecule has 5 rings (SSSR count). The standard InChI is InChI=1S/C19H19N7O/c20-19-23-16-8-12(13-4-5-21-10-13)2-3-15(16)18(24-19)22-11-14-9-17-26(25-14)6-1-7-27-17/h2-5,8-9H,1,6-7,10-11H2,(H3,20,22,23,24). The number of nitrogens with one attached hydrogen (secondary N) is 1. The van der Waals surface area contributed by atoms with Gasteiger partial charge < -0.3 is 15.8 Å². The molecule has 0 bridgehead atoms. The highest BCUT2D eigenvalue weighted by atomic mass is 16.5. The number of aromatic nitrogens is 4. The van der Waals surface area contributed by atoms with Crippen molar-refractivity contribution in [3.8, 4) is 5.88 Å². The number of allylic oxidation sites excluding steroid dienone is 1. The highest BCUT2D eigenvalue weighted by molar-refractivity contribution is 5.95. The van der Waals surface area contributed by atoms with Crippen LogP contribution < -0.4 is 15.8 Å². The van der Waals surface area contributed by atoms with Crippen LogP contribution in [-0.4, -0.2) is 39.1 Å². The zero-order valence-electron chi connectivity index (χ0n) is 14.7. The van der Waals surface area contributed by atoms with Crippen LogP contribution in [0.25, 0.3) is 16.5 Å². The molecule has 0 amide bonds. The molecule has 0 fully saturated rings. The third-order valence-corrected chi connectivity index (χ3v) is 4.72. The first kappa shape index (κ1) is 15.8. The monoisotopic (exact) mass is 361 g/mol. The van der Waals surface area contributed by atoms with E-state index in [4.69, 9.17) is 10.5 Å². The second-order valence-electron chi connectivity index (χ2n) is 6.60. The van der Waals surface area contributed by atoms with E-state index in [1.165, 1.54) is 5.57 Å². The lowest BCUT2D eigenvalue weighted by molar-refractivity contribution is 0.230. The Morgan fingerprint density at radius 2 is 2.19 bits per heavy atom. The predicted molar refractivity (Wildman–Crippen MR) is 105 cm³/mol. The third-order valence-electron chi connectivity index (χ3n) is 4.72. The number of fused-ring (bicyclic) bond motifs is 2. The van der Waals surface area contributed by atoms with Gasteiger partial charge in [0.2, 0.25) is 11.8 Å². The summed E-state index contributed by atoms with van der Waals surface area (Å²) in [7, 11) is 0. The number of aliphatic imine (C=N–C) groups is 1. The Balaban J connectivity index is 1.43. The number of benzene rings is 1. The van der Waals surface area contributed by atoms with Crippen molar-refractivity contribution in [2.24, 2.45) is 4.99 Å². The highest BCUT2D eigenvalue weighted by Gasteiger charge is 2.14. The number of anilines is 2. The van der Waals surface area contributed by atoms with Crippen molar-refractivity contribution in [3.63, 3.8) is 0 Å². The van der Waals surface area contributed by atoms with Crippen molar-refractivity contribution in [1.29, 1.82) is 0 Å². The van der Waals surface area contributed by atoms with Crippen LogP contribution in [0.15, 0.2) is 35.3 Å². The number of hydrogen-bond donors (Lipinski definition) is 2. The molecular weight excluding hydrogens is 342 g/mol. The van der Waals surface area contributed by atoms with Gasteiger partial charge in [0, 0.05) is 30.6 Å². The predicted octanol–water partition coefficient (Wildman–Crippen LogP) is 2.27. The molecule has 1 aromatic carbocycles. The van der Waals surface area contributed by atoms with Crippen molar-refractivity contribution < 1.29 is 4.74 Å². The summed E-state index contributed by atoms with van der Waals surface area (Å²) in [5, 5.41) is 8.83. The van der Waals surface area contributed by atoms with Crippen molar-refractivity contribution in [2.45, 2.75) is 19.5 Å². The topological polar surface area (TPSA) is 103 Å². The van der Waals surface area contributed by atoms with Gasteiger partial charge in [0.25, 0.3) is 0 Å². The minimum Gasteiger partial charge on any atom is -0.478 e. The van der Waals surface area contributed by atoms with Crippen LogP contribution in [-0.2, 0) is 13.1 Å². The molecule has 0 saturated heterocycles. The number of nitrogens with two attached hydrogens (primary N) is 1. The number of hydrogen-bond acceptors (Lipinski definition) is 7. The van der Waals surface area contributed by atoms with E-state index in [9.17, 15) is 0 Å². The smallest absolute Gasteiger partial charge is 0.222 e. The number of nitrogens with zero attached hydrogens (tertiary/aromatic N) is 5. The summed E-state index contributed by atoms with van der Waals surface area (Å²) < 4.78 is 7.52. The summed E-state index contributed by atoms with van der Waals surface area (Å²) >= 11 is 0. The molecule has 2 aliphatic heterocycles. The Labute approximate surface area is 155 Å². The van der Waals surface area contributed by atoms with Crippen molar-refractivity contribution in [2.75, 3.05) is 24.2 Å². The van der Waals surface area contributed by atoms with Crippen LogP contribution >= 0.6 is 0 Å². The lowest BCUT2D eigenvalue weighted by atomic mass is 10.0. The second-order valence-corrected chi connectivity index (χ2v) is 6.60. The molecule has 27 heavy (non-hydrogen) atoms.